The van der Waals surface area contributed by atoms with Gasteiger partial charge in [-0.15, -0.1) is 0 Å². The van der Waals surface area contributed by atoms with Gasteiger partial charge in [0.05, 0.1) is 0 Å². The van der Waals surface area contributed by atoms with Gasteiger partial charge in [0, 0.05) is 54.9 Å². The summed E-state index contributed by atoms with van der Waals surface area (Å²) in [5.41, 5.74) is 21.1. The van der Waals surface area contributed by atoms with Crippen LogP contribution in [-0.4, -0.2) is 29.9 Å². The average Bonchev–Trinajstić information content (AvgIpc) is 1.54. The number of furan rings is 2. The molecule has 12 aromatic carbocycles. The van der Waals surface area contributed by atoms with Crippen molar-refractivity contribution in [2.45, 2.75) is 43.9 Å². The quantitative estimate of drug-likeness (QED) is 0.119. The van der Waals surface area contributed by atoms with Crippen LogP contribution in [0.4, 0.5) is 0 Å². The maximum Gasteiger partial charge on any atom is 0.164 e. The van der Waals surface area contributed by atoms with Crippen molar-refractivity contribution in [1.29, 1.82) is 0 Å². The zero-order valence-corrected chi connectivity index (χ0v) is 52.6. The Labute approximate surface area is 555 Å². The van der Waals surface area contributed by atoms with Crippen LogP contribution in [0.1, 0.15) is 55.1 Å². The molecule has 0 aliphatic heterocycles. The van der Waals surface area contributed by atoms with Crippen molar-refractivity contribution >= 4 is 43.9 Å². The fourth-order valence-corrected chi connectivity index (χ4v) is 16.6. The number of benzene rings is 12. The van der Waals surface area contributed by atoms with E-state index in [-0.39, 0.29) is 0 Å². The predicted octanol–water partition coefficient (Wildman–Crippen LogP) is 22.6. The van der Waals surface area contributed by atoms with E-state index in [4.69, 9.17) is 38.7 Å². The normalized spacial score (nSPS) is 18.0. The van der Waals surface area contributed by atoms with Gasteiger partial charge in [-0.2, -0.15) is 0 Å². The van der Waals surface area contributed by atoms with Gasteiger partial charge in [-0.3, -0.25) is 0 Å². The van der Waals surface area contributed by atoms with Crippen molar-refractivity contribution in [2.75, 3.05) is 0 Å². The molecule has 4 unspecified atom stereocenters. The highest BCUT2D eigenvalue weighted by molar-refractivity contribution is 6.07. The van der Waals surface area contributed by atoms with Crippen molar-refractivity contribution in [2.24, 2.45) is 17.3 Å². The van der Waals surface area contributed by atoms with Crippen LogP contribution in [0.2, 0.25) is 0 Å². The molecule has 0 N–H and O–H groups in total. The van der Waals surface area contributed by atoms with E-state index < -0.39 is 0 Å². The molecule has 4 atom stereocenters. The Balaban J connectivity index is 0.601. The van der Waals surface area contributed by atoms with E-state index in [0.29, 0.717) is 52.2 Å². The molecule has 0 saturated heterocycles. The fraction of sp³-hybridized carbons (Fsp3) is 0.114. The molecule has 3 fully saturated rings. The lowest BCUT2D eigenvalue weighted by atomic mass is 9.56. The summed E-state index contributed by atoms with van der Waals surface area (Å²) in [6, 6.07) is 103. The van der Waals surface area contributed by atoms with Gasteiger partial charge in [0.25, 0.3) is 0 Å². The van der Waals surface area contributed by atoms with Gasteiger partial charge in [0.15, 0.2) is 34.9 Å². The van der Waals surface area contributed by atoms with Crippen molar-refractivity contribution < 1.29 is 8.83 Å². The van der Waals surface area contributed by atoms with Crippen LogP contribution in [0, 0.1) is 17.3 Å². The number of para-hydroxylation sites is 2. The number of rotatable bonds is 12. The van der Waals surface area contributed by atoms with E-state index in [0.717, 1.165) is 122 Å². The first kappa shape index (κ1) is 55.9. The summed E-state index contributed by atoms with van der Waals surface area (Å²) in [5.74, 6) is 6.21. The largest absolute Gasteiger partial charge is 0.456 e. The molecule has 3 aliphatic rings. The zero-order chi connectivity index (χ0) is 63.3. The number of hydrogen-bond acceptors (Lipinski definition) is 8. The molecule has 3 saturated carbocycles. The van der Waals surface area contributed by atoms with E-state index >= 15 is 0 Å². The van der Waals surface area contributed by atoms with Gasteiger partial charge in [0.2, 0.25) is 0 Å². The second-order valence-corrected chi connectivity index (χ2v) is 26.6. The number of hydrogen-bond donors (Lipinski definition) is 0. The summed E-state index contributed by atoms with van der Waals surface area (Å²) < 4.78 is 12.6. The molecule has 1 spiro atoms. The lowest BCUT2D eigenvalue weighted by Crippen LogP contribution is -2.41. The standard InChI is InChI=1S/C88H62N6O2/c1-3-19-54(20-4-1)82-89-84(64-29-17-23-56(45-64)60-39-41-74-72-33-11-13-37-78(72)95-80(74)49-60)93-86(91-82)76-35-9-7-31-70(76)62-27-15-25-58(43-62)66-47-68-51-69-48-67(53-88(68,69)52-66)59-26-16-28-63(44-59)71-32-8-10-36-77(71)87-92-83(55-21-5-2-6-22-55)90-85(94-87)65-30-18-24-57(46-65)61-40-42-75-73-34-12-14-38-79(73)96-81(75)50-61/h1-46,49-50,66-69H,47-48,51-53H2. The number of aromatic nitrogens is 6. The van der Waals surface area contributed by atoms with Gasteiger partial charge in [-0.25, -0.2) is 29.9 Å². The van der Waals surface area contributed by atoms with Gasteiger partial charge in [0.1, 0.15) is 22.3 Å². The molecule has 0 bridgehead atoms. The number of nitrogens with zero attached hydrogens (tertiary/aromatic N) is 6. The van der Waals surface area contributed by atoms with Crippen LogP contribution in [0.15, 0.2) is 300 Å². The third-order valence-electron chi connectivity index (χ3n) is 21.3. The highest BCUT2D eigenvalue weighted by atomic mass is 16.3. The van der Waals surface area contributed by atoms with E-state index in [2.05, 4.69) is 231 Å². The highest BCUT2D eigenvalue weighted by Crippen LogP contribution is 2.73. The maximum atomic E-state index is 6.32. The minimum Gasteiger partial charge on any atom is -0.456 e. The Kier molecular flexibility index (Phi) is 13.3. The molecule has 456 valence electrons. The molecule has 0 radical (unpaired) electrons. The Morgan fingerprint density at radius 2 is 0.583 bits per heavy atom. The van der Waals surface area contributed by atoms with Gasteiger partial charge < -0.3 is 8.83 Å². The smallest absolute Gasteiger partial charge is 0.164 e. The van der Waals surface area contributed by atoms with E-state index in [9.17, 15) is 0 Å². The number of fused-ring (bicyclic) bond motifs is 6. The van der Waals surface area contributed by atoms with E-state index in [1.165, 1.54) is 54.4 Å². The average molecular weight is 1240 g/mol. The lowest BCUT2D eigenvalue weighted by Gasteiger charge is -2.49. The summed E-state index contributed by atoms with van der Waals surface area (Å²) in [5, 5.41) is 4.45. The minimum atomic E-state index is 0.344. The van der Waals surface area contributed by atoms with Gasteiger partial charge in [-0.1, -0.05) is 243 Å². The molecule has 3 aliphatic carbocycles. The molecular formula is C88H62N6O2. The summed E-state index contributed by atoms with van der Waals surface area (Å²) in [6.07, 6.45) is 6.21. The summed E-state index contributed by atoms with van der Waals surface area (Å²) >= 11 is 0. The van der Waals surface area contributed by atoms with Gasteiger partial charge in [-0.05, 0) is 165 Å². The van der Waals surface area contributed by atoms with E-state index in [1.54, 1.807) is 0 Å². The summed E-state index contributed by atoms with van der Waals surface area (Å²) in [6.45, 7) is 0. The zero-order valence-electron chi connectivity index (χ0n) is 52.6. The minimum absolute atomic E-state index is 0.344. The van der Waals surface area contributed by atoms with E-state index in [1.807, 2.05) is 60.7 Å². The van der Waals surface area contributed by atoms with Crippen LogP contribution in [0.25, 0.3) is 157 Å². The summed E-state index contributed by atoms with van der Waals surface area (Å²) in [7, 11) is 0. The molecule has 16 aromatic rings. The molecule has 4 heterocycles. The van der Waals surface area contributed by atoms with Crippen molar-refractivity contribution in [3.63, 3.8) is 0 Å². The predicted molar refractivity (Wildman–Crippen MR) is 387 cm³/mol. The Morgan fingerprint density at radius 1 is 0.240 bits per heavy atom. The summed E-state index contributed by atoms with van der Waals surface area (Å²) in [4.78, 5) is 31.5. The first-order chi connectivity index (χ1) is 47.4. The Bertz CT molecular complexity index is 5370. The second-order valence-electron chi connectivity index (χ2n) is 26.6. The molecule has 8 heteroatoms. The Morgan fingerprint density at radius 3 is 1.05 bits per heavy atom. The topological polar surface area (TPSA) is 104 Å². The molecule has 4 aromatic heterocycles. The highest BCUT2D eigenvalue weighted by Gasteiger charge is 2.63. The fourth-order valence-electron chi connectivity index (χ4n) is 16.6. The molecule has 8 nitrogen and oxygen atoms in total. The van der Waals surface area contributed by atoms with Crippen LogP contribution in [0.3, 0.4) is 0 Å². The van der Waals surface area contributed by atoms with Crippen LogP contribution >= 0.6 is 0 Å². The molecule has 0 amide bonds. The molecule has 96 heavy (non-hydrogen) atoms. The molecular weight excluding hydrogens is 1170 g/mol. The first-order valence-corrected chi connectivity index (χ1v) is 33.5. The monoisotopic (exact) mass is 1230 g/mol. The first-order valence-electron chi connectivity index (χ1n) is 33.5. The van der Waals surface area contributed by atoms with Crippen LogP contribution < -0.4 is 0 Å². The van der Waals surface area contributed by atoms with Gasteiger partial charge >= 0.3 is 0 Å². The van der Waals surface area contributed by atoms with Crippen LogP contribution in [-0.2, 0) is 0 Å². The van der Waals surface area contributed by atoms with Crippen molar-refractivity contribution in [3.05, 3.63) is 302 Å². The Hall–Kier alpha value is -11.7. The molecule has 19 rings (SSSR count). The SMILES string of the molecule is c1ccc(-c2nc(-c3cccc(-c4ccc5c(c4)oc4ccccc45)c3)nc(-c3ccccc3-c3cccc(C4CC5CC6CC(c7cccc(-c8ccccc8-c8nc(-c9ccccc9)nc(-c9cccc(-c%10ccc%11c(c%10)oc%10ccccc%10%11)c9)n8)c7)CC56C4)c3)n2)cc1. The van der Waals surface area contributed by atoms with Crippen molar-refractivity contribution in [1.82, 2.24) is 29.9 Å². The second kappa shape index (κ2) is 22.8. The third-order valence-corrected chi connectivity index (χ3v) is 21.3. The lowest BCUT2D eigenvalue weighted by molar-refractivity contribution is 0.00306. The third kappa shape index (κ3) is 9.73. The van der Waals surface area contributed by atoms with Crippen LogP contribution in [0.5, 0.6) is 0 Å². The van der Waals surface area contributed by atoms with Crippen molar-refractivity contribution in [3.8, 4) is 113 Å². The maximum absolute atomic E-state index is 6.32.